The maximum atomic E-state index is 11.6. The van der Waals surface area contributed by atoms with Crippen LogP contribution in [0.5, 0.6) is 0 Å². The number of carbonyl (C=O) groups excluding carboxylic acids is 1. The molecule has 1 heteroatoms. The van der Waals surface area contributed by atoms with E-state index in [1.165, 1.54) is 11.1 Å². The molecular weight excluding hydrogens is 148 g/mol. The van der Waals surface area contributed by atoms with Crippen molar-refractivity contribution in [3.05, 3.63) is 35.4 Å². The van der Waals surface area contributed by atoms with E-state index in [9.17, 15) is 4.79 Å². The van der Waals surface area contributed by atoms with E-state index in [1.54, 1.807) is 0 Å². The summed E-state index contributed by atoms with van der Waals surface area (Å²) < 4.78 is 0. The summed E-state index contributed by atoms with van der Waals surface area (Å²) in [6.07, 6.45) is 0.614. The number of hydrogen-bond acceptors (Lipinski definition) is 1. The second-order valence-electron chi connectivity index (χ2n) is 3.88. The molecule has 0 heterocycles. The van der Waals surface area contributed by atoms with Crippen molar-refractivity contribution < 1.29 is 4.79 Å². The number of carbonyl (C=O) groups is 1. The lowest BCUT2D eigenvalue weighted by atomic mass is 9.86. The number of benzene rings is 1. The lowest BCUT2D eigenvalue weighted by molar-refractivity contribution is -0.121. The van der Waals surface area contributed by atoms with Crippen molar-refractivity contribution in [1.82, 2.24) is 0 Å². The van der Waals surface area contributed by atoms with Gasteiger partial charge in [0.2, 0.25) is 0 Å². The summed E-state index contributed by atoms with van der Waals surface area (Å²) in [5.74, 6) is 0.337. The molecule has 1 aromatic carbocycles. The van der Waals surface area contributed by atoms with Crippen LogP contribution < -0.4 is 0 Å². The molecule has 1 nitrogen and oxygen atoms in total. The zero-order valence-corrected chi connectivity index (χ0v) is 7.42. The largest absolute Gasteiger partial charge is 0.298 e. The van der Waals surface area contributed by atoms with Gasteiger partial charge in [-0.3, -0.25) is 4.79 Å². The van der Waals surface area contributed by atoms with Crippen LogP contribution in [0.2, 0.25) is 0 Å². The molecule has 62 valence electrons. The van der Waals surface area contributed by atoms with E-state index in [0.717, 1.165) is 0 Å². The minimum atomic E-state index is -0.253. The first-order chi connectivity index (χ1) is 5.62. The second-order valence-corrected chi connectivity index (χ2v) is 3.88. The zero-order valence-electron chi connectivity index (χ0n) is 7.42. The molecule has 2 rings (SSSR count). The van der Waals surface area contributed by atoms with Crippen LogP contribution in [-0.4, -0.2) is 5.78 Å². The molecule has 1 aromatic rings. The molecule has 0 saturated carbocycles. The summed E-state index contributed by atoms with van der Waals surface area (Å²) in [7, 11) is 0. The summed E-state index contributed by atoms with van der Waals surface area (Å²) in [6.45, 7) is 4.00. The van der Waals surface area contributed by atoms with Crippen LogP contribution in [0, 0.1) is 0 Å². The molecule has 0 amide bonds. The van der Waals surface area contributed by atoms with E-state index in [-0.39, 0.29) is 5.41 Å². The second kappa shape index (κ2) is 2.19. The molecule has 12 heavy (non-hydrogen) atoms. The van der Waals surface area contributed by atoms with Gasteiger partial charge >= 0.3 is 0 Å². The molecule has 0 atom stereocenters. The van der Waals surface area contributed by atoms with Gasteiger partial charge in [-0.25, -0.2) is 0 Å². The fraction of sp³-hybridized carbons (Fsp3) is 0.364. The fourth-order valence-corrected chi connectivity index (χ4v) is 1.83. The van der Waals surface area contributed by atoms with Crippen molar-refractivity contribution in [2.75, 3.05) is 0 Å². The third-order valence-electron chi connectivity index (χ3n) is 2.74. The van der Waals surface area contributed by atoms with Crippen molar-refractivity contribution >= 4 is 5.78 Å². The molecule has 0 unspecified atom stereocenters. The normalized spacial score (nSPS) is 19.3. The maximum absolute atomic E-state index is 11.6. The molecule has 0 spiro atoms. The zero-order chi connectivity index (χ0) is 8.77. The van der Waals surface area contributed by atoms with Gasteiger partial charge in [-0.1, -0.05) is 24.3 Å². The number of ketones is 1. The molecule has 0 radical (unpaired) electrons. The van der Waals surface area contributed by atoms with Gasteiger partial charge in [0, 0.05) is 11.8 Å². The minimum absolute atomic E-state index is 0.253. The van der Waals surface area contributed by atoms with Crippen molar-refractivity contribution in [2.45, 2.75) is 25.7 Å². The Balaban J connectivity index is 2.63. The average molecular weight is 160 g/mol. The van der Waals surface area contributed by atoms with E-state index in [2.05, 4.69) is 6.07 Å². The quantitative estimate of drug-likeness (QED) is 0.568. The van der Waals surface area contributed by atoms with E-state index in [0.29, 0.717) is 12.2 Å². The molecule has 0 fully saturated rings. The Kier molecular flexibility index (Phi) is 1.38. The third kappa shape index (κ3) is 0.826. The number of Topliss-reactive ketones (excluding diaryl/α,β-unsaturated/α-hetero) is 1. The van der Waals surface area contributed by atoms with E-state index < -0.39 is 0 Å². The average Bonchev–Trinajstić information content (AvgIpc) is 2.25. The van der Waals surface area contributed by atoms with Gasteiger partial charge in [0.1, 0.15) is 5.78 Å². The molecule has 0 N–H and O–H groups in total. The Bertz CT molecular complexity index is 337. The maximum Gasteiger partial charge on any atom is 0.147 e. The van der Waals surface area contributed by atoms with Crippen LogP contribution in [-0.2, 0) is 16.6 Å². The number of rotatable bonds is 0. The van der Waals surface area contributed by atoms with Crippen molar-refractivity contribution in [1.29, 1.82) is 0 Å². The first-order valence-corrected chi connectivity index (χ1v) is 4.24. The Hall–Kier alpha value is -1.11. The Morgan fingerprint density at radius 2 is 1.92 bits per heavy atom. The first kappa shape index (κ1) is 7.53. The predicted molar refractivity (Wildman–Crippen MR) is 48.2 cm³/mol. The van der Waals surface area contributed by atoms with Crippen LogP contribution in [0.4, 0.5) is 0 Å². The van der Waals surface area contributed by atoms with Crippen LogP contribution in [0.3, 0.4) is 0 Å². The predicted octanol–water partition coefficient (Wildman–Crippen LogP) is 2.09. The first-order valence-electron chi connectivity index (χ1n) is 4.24. The third-order valence-corrected chi connectivity index (χ3v) is 2.74. The lowest BCUT2D eigenvalue weighted by Gasteiger charge is -2.16. The van der Waals surface area contributed by atoms with Gasteiger partial charge in [-0.2, -0.15) is 0 Å². The van der Waals surface area contributed by atoms with Crippen LogP contribution >= 0.6 is 0 Å². The standard InChI is InChI=1S/C11H12O/c1-11(2)9-6-4-3-5-8(9)7-10(11)12/h3-6H,7H2,1-2H3. The smallest absolute Gasteiger partial charge is 0.147 e. The van der Waals surface area contributed by atoms with Gasteiger partial charge in [0.15, 0.2) is 0 Å². The van der Waals surface area contributed by atoms with Crippen LogP contribution in [0.15, 0.2) is 24.3 Å². The highest BCUT2D eigenvalue weighted by Crippen LogP contribution is 2.34. The van der Waals surface area contributed by atoms with Crippen molar-refractivity contribution in [3.63, 3.8) is 0 Å². The van der Waals surface area contributed by atoms with E-state index in [4.69, 9.17) is 0 Å². The van der Waals surface area contributed by atoms with Gasteiger partial charge in [-0.05, 0) is 25.0 Å². The monoisotopic (exact) mass is 160 g/mol. The number of fused-ring (bicyclic) bond motifs is 1. The molecule has 0 aromatic heterocycles. The van der Waals surface area contributed by atoms with Crippen molar-refractivity contribution in [3.8, 4) is 0 Å². The summed E-state index contributed by atoms with van der Waals surface area (Å²) in [5.41, 5.74) is 2.15. The topological polar surface area (TPSA) is 17.1 Å². The molecule has 0 bridgehead atoms. The summed E-state index contributed by atoms with van der Waals surface area (Å²) in [5, 5.41) is 0. The van der Waals surface area contributed by atoms with Gasteiger partial charge in [-0.15, -0.1) is 0 Å². The molecule has 0 saturated heterocycles. The SMILES string of the molecule is CC1(C)C(=O)Cc2ccccc21. The van der Waals surface area contributed by atoms with E-state index >= 15 is 0 Å². The summed E-state index contributed by atoms with van der Waals surface area (Å²) in [4.78, 5) is 11.6. The van der Waals surface area contributed by atoms with Crippen LogP contribution in [0.25, 0.3) is 0 Å². The summed E-state index contributed by atoms with van der Waals surface area (Å²) >= 11 is 0. The minimum Gasteiger partial charge on any atom is -0.298 e. The highest BCUT2D eigenvalue weighted by Gasteiger charge is 2.37. The van der Waals surface area contributed by atoms with Crippen LogP contribution in [0.1, 0.15) is 25.0 Å². The Morgan fingerprint density at radius 3 is 2.58 bits per heavy atom. The highest BCUT2D eigenvalue weighted by atomic mass is 16.1. The van der Waals surface area contributed by atoms with Gasteiger partial charge < -0.3 is 0 Å². The van der Waals surface area contributed by atoms with E-state index in [1.807, 2.05) is 32.0 Å². The van der Waals surface area contributed by atoms with Gasteiger partial charge in [0.25, 0.3) is 0 Å². The molecule has 0 aliphatic heterocycles. The molecule has 1 aliphatic carbocycles. The molecule has 1 aliphatic rings. The molecular formula is C11H12O. The Labute approximate surface area is 72.4 Å². The number of hydrogen-bond donors (Lipinski definition) is 0. The fourth-order valence-electron chi connectivity index (χ4n) is 1.83. The lowest BCUT2D eigenvalue weighted by Crippen LogP contribution is -2.23. The Morgan fingerprint density at radius 1 is 1.25 bits per heavy atom. The summed E-state index contributed by atoms with van der Waals surface area (Å²) in [6, 6.07) is 8.09. The highest BCUT2D eigenvalue weighted by molar-refractivity contribution is 5.95. The van der Waals surface area contributed by atoms with Gasteiger partial charge in [0.05, 0.1) is 0 Å². The van der Waals surface area contributed by atoms with Crippen molar-refractivity contribution in [2.24, 2.45) is 0 Å².